The summed E-state index contributed by atoms with van der Waals surface area (Å²) in [4.78, 5) is 64.5. The molecule has 0 heterocycles. The molecular formula is C20H37N7O7S. The molecule has 4 atom stereocenters. The van der Waals surface area contributed by atoms with Gasteiger partial charge >= 0.3 is 11.9 Å². The molecule has 0 rings (SSSR count). The van der Waals surface area contributed by atoms with Gasteiger partial charge in [-0.1, -0.05) is 13.8 Å². The molecule has 0 aromatic carbocycles. The molecule has 35 heavy (non-hydrogen) atoms. The smallest absolute Gasteiger partial charge is 0.326 e. The maximum atomic E-state index is 12.8. The Kier molecular flexibility index (Phi) is 15.1. The van der Waals surface area contributed by atoms with E-state index >= 15 is 0 Å². The molecule has 0 aromatic rings. The number of nitrogens with zero attached hydrogens (tertiary/aromatic N) is 1. The number of carboxylic acids is 2. The SMILES string of the molecule is CSCCC(NC(=O)C(CC(=O)O)NC(=O)C(N)C(C)C)C(=O)NC(CCCN=C(N)N)C(=O)O. The van der Waals surface area contributed by atoms with E-state index in [-0.39, 0.29) is 37.7 Å². The summed E-state index contributed by atoms with van der Waals surface area (Å²) in [6.07, 6.45) is 1.49. The summed E-state index contributed by atoms with van der Waals surface area (Å²) in [5, 5.41) is 25.7. The quantitative estimate of drug-likeness (QED) is 0.0580. The minimum Gasteiger partial charge on any atom is -0.481 e. The van der Waals surface area contributed by atoms with Crippen molar-refractivity contribution >= 4 is 47.4 Å². The van der Waals surface area contributed by atoms with Crippen LogP contribution in [0.2, 0.25) is 0 Å². The standard InChI is InChI=1S/C20H37N7O7S/c1-10(2)15(21)18(32)27-13(9-14(28)29)17(31)25-11(6-8-35-3)16(30)26-12(19(33)34)5-4-7-24-20(22)23/h10-13,15H,4-9,21H2,1-3H3,(H,25,31)(H,26,30)(H,27,32)(H,28,29)(H,33,34)(H4,22,23,24). The average molecular weight is 520 g/mol. The van der Waals surface area contributed by atoms with Gasteiger partial charge in [0.05, 0.1) is 12.5 Å². The third-order valence-corrected chi connectivity index (χ3v) is 5.48. The highest BCUT2D eigenvalue weighted by Gasteiger charge is 2.31. The molecule has 0 radical (unpaired) electrons. The fourth-order valence-corrected chi connectivity index (χ4v) is 3.24. The highest BCUT2D eigenvalue weighted by atomic mass is 32.2. The molecular weight excluding hydrogens is 482 g/mol. The predicted molar refractivity (Wildman–Crippen MR) is 131 cm³/mol. The Hall–Kier alpha value is -3.07. The number of aliphatic imine (C=N–C) groups is 1. The van der Waals surface area contributed by atoms with Crippen LogP contribution < -0.4 is 33.2 Å². The molecule has 200 valence electrons. The van der Waals surface area contributed by atoms with Gasteiger partial charge in [-0.3, -0.25) is 24.2 Å². The van der Waals surface area contributed by atoms with Crippen LogP contribution in [0.15, 0.2) is 4.99 Å². The molecule has 0 saturated carbocycles. The van der Waals surface area contributed by atoms with E-state index in [9.17, 15) is 29.1 Å². The topological polar surface area (TPSA) is 252 Å². The number of nitrogens with two attached hydrogens (primary N) is 3. The van der Waals surface area contributed by atoms with E-state index in [1.54, 1.807) is 20.1 Å². The van der Waals surface area contributed by atoms with E-state index < -0.39 is 60.2 Å². The van der Waals surface area contributed by atoms with Crippen LogP contribution in [0.25, 0.3) is 0 Å². The lowest BCUT2D eigenvalue weighted by atomic mass is 10.0. The number of thioether (sulfide) groups is 1. The molecule has 3 amide bonds. The Morgan fingerprint density at radius 3 is 1.91 bits per heavy atom. The fraction of sp³-hybridized carbons (Fsp3) is 0.700. The van der Waals surface area contributed by atoms with E-state index in [1.165, 1.54) is 11.8 Å². The summed E-state index contributed by atoms with van der Waals surface area (Å²) < 4.78 is 0. The van der Waals surface area contributed by atoms with Gasteiger partial charge in [-0.15, -0.1) is 0 Å². The van der Waals surface area contributed by atoms with Crippen LogP contribution in [0.5, 0.6) is 0 Å². The lowest BCUT2D eigenvalue weighted by Crippen LogP contribution is -2.58. The number of rotatable bonds is 17. The predicted octanol–water partition coefficient (Wildman–Crippen LogP) is -2.21. The van der Waals surface area contributed by atoms with Crippen molar-refractivity contribution in [1.29, 1.82) is 0 Å². The first-order chi connectivity index (χ1) is 16.3. The van der Waals surface area contributed by atoms with Crippen LogP contribution in [0.4, 0.5) is 0 Å². The van der Waals surface area contributed by atoms with Crippen LogP contribution in [0.3, 0.4) is 0 Å². The van der Waals surface area contributed by atoms with Crippen molar-refractivity contribution in [3.8, 4) is 0 Å². The first-order valence-corrected chi connectivity index (χ1v) is 12.3. The number of nitrogens with one attached hydrogen (secondary N) is 3. The number of amides is 3. The van der Waals surface area contributed by atoms with Crippen LogP contribution in [0.1, 0.15) is 39.5 Å². The normalized spacial score (nSPS) is 14.2. The van der Waals surface area contributed by atoms with Gasteiger partial charge in [-0.2, -0.15) is 11.8 Å². The van der Waals surface area contributed by atoms with E-state index in [4.69, 9.17) is 22.3 Å². The van der Waals surface area contributed by atoms with Crippen molar-refractivity contribution in [2.45, 2.75) is 63.7 Å². The second-order valence-corrected chi connectivity index (χ2v) is 9.11. The molecule has 0 spiro atoms. The zero-order valence-corrected chi connectivity index (χ0v) is 21.0. The molecule has 0 aliphatic rings. The first kappa shape index (κ1) is 31.9. The first-order valence-electron chi connectivity index (χ1n) is 11.0. The van der Waals surface area contributed by atoms with Crippen molar-refractivity contribution in [3.63, 3.8) is 0 Å². The molecule has 0 aromatic heterocycles. The molecule has 0 saturated heterocycles. The number of carbonyl (C=O) groups is 5. The lowest BCUT2D eigenvalue weighted by Gasteiger charge is -2.25. The van der Waals surface area contributed by atoms with Gasteiger partial charge in [0.2, 0.25) is 17.7 Å². The molecule has 0 aliphatic heterocycles. The van der Waals surface area contributed by atoms with Gasteiger partial charge in [0.15, 0.2) is 5.96 Å². The third-order valence-electron chi connectivity index (χ3n) is 4.84. The minimum atomic E-state index is -1.48. The van der Waals surface area contributed by atoms with Crippen molar-refractivity contribution in [2.24, 2.45) is 28.1 Å². The number of aliphatic carboxylic acids is 2. The monoisotopic (exact) mass is 519 g/mol. The highest BCUT2D eigenvalue weighted by molar-refractivity contribution is 7.98. The van der Waals surface area contributed by atoms with Gasteiger partial charge in [-0.25, -0.2) is 4.79 Å². The minimum absolute atomic E-state index is 0.0336. The molecule has 4 unspecified atom stereocenters. The Morgan fingerprint density at radius 2 is 1.43 bits per heavy atom. The number of carboxylic acid groups (broad SMARTS) is 2. The summed E-state index contributed by atoms with van der Waals surface area (Å²) >= 11 is 1.39. The van der Waals surface area contributed by atoms with E-state index in [0.29, 0.717) is 5.75 Å². The molecule has 14 nitrogen and oxygen atoms in total. The van der Waals surface area contributed by atoms with Crippen molar-refractivity contribution in [2.75, 3.05) is 18.6 Å². The molecule has 0 bridgehead atoms. The van der Waals surface area contributed by atoms with Gasteiger partial charge in [0.1, 0.15) is 18.1 Å². The van der Waals surface area contributed by atoms with E-state index in [2.05, 4.69) is 20.9 Å². The van der Waals surface area contributed by atoms with Crippen LogP contribution >= 0.6 is 11.8 Å². The fourth-order valence-electron chi connectivity index (χ4n) is 2.76. The van der Waals surface area contributed by atoms with Gasteiger partial charge in [0, 0.05) is 6.54 Å². The van der Waals surface area contributed by atoms with Crippen LogP contribution in [0, 0.1) is 5.92 Å². The zero-order chi connectivity index (χ0) is 27.1. The molecule has 0 aliphatic carbocycles. The maximum Gasteiger partial charge on any atom is 0.326 e. The van der Waals surface area contributed by atoms with Crippen molar-refractivity contribution < 1.29 is 34.2 Å². The Morgan fingerprint density at radius 1 is 0.886 bits per heavy atom. The van der Waals surface area contributed by atoms with E-state index in [1.807, 2.05) is 0 Å². The second kappa shape index (κ2) is 16.5. The highest BCUT2D eigenvalue weighted by Crippen LogP contribution is 2.06. The van der Waals surface area contributed by atoms with Gasteiger partial charge in [0.25, 0.3) is 0 Å². The Labute approximate surface area is 208 Å². The Bertz CT molecular complexity index is 775. The van der Waals surface area contributed by atoms with Crippen molar-refractivity contribution in [1.82, 2.24) is 16.0 Å². The summed E-state index contributed by atoms with van der Waals surface area (Å²) in [5.41, 5.74) is 16.2. The maximum absolute atomic E-state index is 12.8. The molecule has 0 fully saturated rings. The Balaban J connectivity index is 5.44. The molecule has 15 heteroatoms. The third kappa shape index (κ3) is 13.4. The molecule has 11 N–H and O–H groups in total. The number of hydrogen-bond donors (Lipinski definition) is 8. The summed E-state index contributed by atoms with van der Waals surface area (Å²) in [5.74, 6) is -4.97. The summed E-state index contributed by atoms with van der Waals surface area (Å²) in [6.45, 7) is 3.55. The number of hydrogen-bond acceptors (Lipinski definition) is 8. The van der Waals surface area contributed by atoms with Crippen LogP contribution in [-0.4, -0.2) is 88.6 Å². The van der Waals surface area contributed by atoms with Gasteiger partial charge in [-0.05, 0) is 37.2 Å². The summed E-state index contributed by atoms with van der Waals surface area (Å²) in [7, 11) is 0. The second-order valence-electron chi connectivity index (χ2n) is 8.12. The van der Waals surface area contributed by atoms with Crippen molar-refractivity contribution in [3.05, 3.63) is 0 Å². The van der Waals surface area contributed by atoms with Crippen LogP contribution in [-0.2, 0) is 24.0 Å². The lowest BCUT2D eigenvalue weighted by molar-refractivity contribution is -0.143. The number of carbonyl (C=O) groups excluding carboxylic acids is 3. The zero-order valence-electron chi connectivity index (χ0n) is 20.2. The largest absolute Gasteiger partial charge is 0.481 e. The average Bonchev–Trinajstić information content (AvgIpc) is 2.76. The van der Waals surface area contributed by atoms with Gasteiger partial charge < -0.3 is 43.4 Å². The summed E-state index contributed by atoms with van der Waals surface area (Å²) in [6, 6.07) is -4.88. The number of guanidine groups is 1. The van der Waals surface area contributed by atoms with E-state index in [0.717, 1.165) is 0 Å².